The molecule has 198 valence electrons. The Morgan fingerprint density at radius 2 is 1.70 bits per heavy atom. The van der Waals surface area contributed by atoms with Crippen LogP contribution < -0.4 is 0 Å². The lowest BCUT2D eigenvalue weighted by Gasteiger charge is -2.38. The van der Waals surface area contributed by atoms with Crippen LogP contribution in [0.25, 0.3) is 0 Å². The van der Waals surface area contributed by atoms with E-state index in [0.717, 1.165) is 13.1 Å². The average Bonchev–Trinajstić information content (AvgIpc) is 3.33. The number of phenols is 1. The fraction of sp³-hybridized carbons (Fsp3) is 0.481. The molecule has 1 N–H and O–H groups in total. The van der Waals surface area contributed by atoms with Crippen LogP contribution in [0.1, 0.15) is 43.4 Å². The molecule has 3 aliphatic heterocycles. The number of nitrogens with zero attached hydrogens (tertiary/aromatic N) is 4. The van der Waals surface area contributed by atoms with Gasteiger partial charge in [0, 0.05) is 70.6 Å². The van der Waals surface area contributed by atoms with Crippen LogP contribution in [-0.4, -0.2) is 84.1 Å². The maximum absolute atomic E-state index is 13.2. The summed E-state index contributed by atoms with van der Waals surface area (Å²) in [6, 6.07) is 15.1. The standard InChI is InChI=1S/C27H34N4O5S/c1-20-8-9-23(18-25(20)32)37(34,35)31-12-10-27(11-13-31)19-24(28-36-27)26(33)30-16-14-29(15-17-30)21(2)22-6-4-3-5-7-22/h3-9,18,21,32H,10-17,19H2,1-2H3. The SMILES string of the molecule is Cc1ccc(S(=O)(=O)N2CCC3(CC2)CC(C(=O)N2CCN(C(C)c4ccccc4)CC2)=NO3)cc1O. The van der Waals surface area contributed by atoms with E-state index < -0.39 is 15.6 Å². The molecule has 0 aromatic heterocycles. The summed E-state index contributed by atoms with van der Waals surface area (Å²) in [5, 5.41) is 14.1. The molecule has 0 saturated carbocycles. The minimum atomic E-state index is -3.73. The van der Waals surface area contributed by atoms with E-state index >= 15 is 0 Å². The molecule has 5 rings (SSSR count). The highest BCUT2D eigenvalue weighted by Gasteiger charge is 2.46. The summed E-state index contributed by atoms with van der Waals surface area (Å²) in [7, 11) is -3.73. The minimum absolute atomic E-state index is 0.0411. The number of oxime groups is 1. The van der Waals surface area contributed by atoms with Crippen molar-refractivity contribution in [3.05, 3.63) is 59.7 Å². The smallest absolute Gasteiger partial charge is 0.271 e. The van der Waals surface area contributed by atoms with Crippen molar-refractivity contribution < 1.29 is 23.2 Å². The van der Waals surface area contributed by atoms with E-state index in [1.165, 1.54) is 22.0 Å². The third kappa shape index (κ3) is 5.10. The second-order valence-corrected chi connectivity index (χ2v) is 12.2. The van der Waals surface area contributed by atoms with Gasteiger partial charge in [-0.3, -0.25) is 9.69 Å². The second kappa shape index (κ2) is 10.1. The number of rotatable bonds is 5. The number of amides is 1. The Kier molecular flexibility index (Phi) is 6.99. The van der Waals surface area contributed by atoms with Crippen LogP contribution in [0, 0.1) is 6.92 Å². The maximum atomic E-state index is 13.2. The predicted molar refractivity (Wildman–Crippen MR) is 140 cm³/mol. The highest BCUT2D eigenvalue weighted by Crippen LogP contribution is 2.37. The lowest BCUT2D eigenvalue weighted by atomic mass is 9.87. The van der Waals surface area contributed by atoms with Crippen molar-refractivity contribution in [1.82, 2.24) is 14.1 Å². The zero-order valence-electron chi connectivity index (χ0n) is 21.3. The number of aryl methyl sites for hydroxylation is 1. The summed E-state index contributed by atoms with van der Waals surface area (Å²) in [4.78, 5) is 23.3. The van der Waals surface area contributed by atoms with Gasteiger partial charge in [0.05, 0.1) is 4.90 Å². The number of carbonyl (C=O) groups is 1. The highest BCUT2D eigenvalue weighted by atomic mass is 32.2. The average molecular weight is 527 g/mol. The molecule has 2 aromatic rings. The molecule has 3 heterocycles. The van der Waals surface area contributed by atoms with E-state index in [4.69, 9.17) is 4.84 Å². The zero-order valence-corrected chi connectivity index (χ0v) is 22.2. The van der Waals surface area contributed by atoms with Gasteiger partial charge in [-0.05, 0) is 31.0 Å². The molecule has 1 amide bonds. The first-order valence-corrected chi connectivity index (χ1v) is 14.3. The van der Waals surface area contributed by atoms with Gasteiger partial charge in [-0.1, -0.05) is 41.6 Å². The quantitative estimate of drug-likeness (QED) is 0.643. The molecule has 0 aliphatic carbocycles. The third-order valence-corrected chi connectivity index (χ3v) is 9.86. The zero-order chi connectivity index (χ0) is 26.2. The molecule has 9 nitrogen and oxygen atoms in total. The number of piperazine rings is 1. The van der Waals surface area contributed by atoms with E-state index in [-0.39, 0.29) is 29.6 Å². The van der Waals surface area contributed by atoms with Crippen LogP contribution in [0.15, 0.2) is 58.6 Å². The van der Waals surface area contributed by atoms with Crippen LogP contribution in [0.5, 0.6) is 5.75 Å². The van der Waals surface area contributed by atoms with Crippen LogP contribution in [0.3, 0.4) is 0 Å². The molecule has 1 atom stereocenters. The van der Waals surface area contributed by atoms with Crippen molar-refractivity contribution >= 4 is 21.6 Å². The van der Waals surface area contributed by atoms with Crippen molar-refractivity contribution in [1.29, 1.82) is 0 Å². The maximum Gasteiger partial charge on any atom is 0.271 e. The van der Waals surface area contributed by atoms with Gasteiger partial charge >= 0.3 is 0 Å². The van der Waals surface area contributed by atoms with Gasteiger partial charge in [0.15, 0.2) is 0 Å². The number of benzene rings is 2. The molecule has 2 fully saturated rings. The molecule has 1 spiro atoms. The Morgan fingerprint density at radius 3 is 2.35 bits per heavy atom. The number of piperidine rings is 1. The Morgan fingerprint density at radius 1 is 1.03 bits per heavy atom. The van der Waals surface area contributed by atoms with Gasteiger partial charge in [-0.25, -0.2) is 8.42 Å². The molecule has 1 unspecified atom stereocenters. The van der Waals surface area contributed by atoms with Gasteiger partial charge in [0.1, 0.15) is 17.1 Å². The van der Waals surface area contributed by atoms with Crippen molar-refractivity contribution in [3.63, 3.8) is 0 Å². The van der Waals surface area contributed by atoms with E-state index in [2.05, 4.69) is 29.1 Å². The van der Waals surface area contributed by atoms with Gasteiger partial charge in [-0.2, -0.15) is 4.31 Å². The first-order valence-electron chi connectivity index (χ1n) is 12.8. The van der Waals surface area contributed by atoms with Gasteiger partial charge in [-0.15, -0.1) is 0 Å². The van der Waals surface area contributed by atoms with Crippen molar-refractivity contribution in [2.24, 2.45) is 5.16 Å². The summed E-state index contributed by atoms with van der Waals surface area (Å²) in [6.45, 7) is 7.31. The second-order valence-electron chi connectivity index (χ2n) is 10.3. The molecular formula is C27H34N4O5S. The molecule has 2 aromatic carbocycles. The first-order chi connectivity index (χ1) is 17.7. The van der Waals surface area contributed by atoms with E-state index in [9.17, 15) is 18.3 Å². The number of sulfonamides is 1. The van der Waals surface area contributed by atoms with Crippen LogP contribution >= 0.6 is 0 Å². The van der Waals surface area contributed by atoms with Crippen molar-refractivity contribution in [2.75, 3.05) is 39.3 Å². The Bertz CT molecular complexity index is 1280. The monoisotopic (exact) mass is 526 g/mol. The summed E-state index contributed by atoms with van der Waals surface area (Å²) in [6.07, 6.45) is 1.30. The number of carbonyl (C=O) groups excluding carboxylic acids is 1. The van der Waals surface area contributed by atoms with Crippen molar-refractivity contribution in [3.8, 4) is 5.75 Å². The lowest BCUT2D eigenvalue weighted by molar-refractivity contribution is -0.126. The van der Waals surface area contributed by atoms with Crippen molar-refractivity contribution in [2.45, 2.75) is 49.6 Å². The molecule has 2 saturated heterocycles. The third-order valence-electron chi connectivity index (χ3n) is 7.97. The fourth-order valence-electron chi connectivity index (χ4n) is 5.37. The Hall–Kier alpha value is -2.95. The van der Waals surface area contributed by atoms with Crippen LogP contribution in [0.4, 0.5) is 0 Å². The summed E-state index contributed by atoms with van der Waals surface area (Å²) < 4.78 is 27.6. The number of hydrogen-bond acceptors (Lipinski definition) is 7. The summed E-state index contributed by atoms with van der Waals surface area (Å²) in [5.74, 6) is -0.130. The number of aromatic hydroxyl groups is 1. The highest BCUT2D eigenvalue weighted by molar-refractivity contribution is 7.89. The summed E-state index contributed by atoms with van der Waals surface area (Å²) >= 11 is 0. The largest absolute Gasteiger partial charge is 0.508 e. The Labute approximate surface area is 218 Å². The molecule has 0 radical (unpaired) electrons. The van der Waals surface area contributed by atoms with E-state index in [1.807, 2.05) is 23.1 Å². The van der Waals surface area contributed by atoms with Gasteiger partial charge < -0.3 is 14.8 Å². The number of phenolic OH excluding ortho intramolecular Hbond substituents is 1. The minimum Gasteiger partial charge on any atom is -0.508 e. The predicted octanol–water partition coefficient (Wildman–Crippen LogP) is 2.91. The van der Waals surface area contributed by atoms with E-state index in [1.54, 1.807) is 13.0 Å². The molecule has 37 heavy (non-hydrogen) atoms. The topological polar surface area (TPSA) is 103 Å². The fourth-order valence-corrected chi connectivity index (χ4v) is 6.84. The van der Waals surface area contributed by atoms with E-state index in [0.29, 0.717) is 49.7 Å². The van der Waals surface area contributed by atoms with Gasteiger partial charge in [0.25, 0.3) is 5.91 Å². The van der Waals surface area contributed by atoms with Crippen LogP contribution in [0.2, 0.25) is 0 Å². The normalized spacial score (nSPS) is 21.5. The summed E-state index contributed by atoms with van der Waals surface area (Å²) in [5.41, 5.74) is 1.67. The molecular weight excluding hydrogens is 492 g/mol. The molecule has 10 heteroatoms. The number of hydrogen-bond donors (Lipinski definition) is 1. The van der Waals surface area contributed by atoms with Gasteiger partial charge in [0.2, 0.25) is 10.0 Å². The Balaban J connectivity index is 1.14. The molecule has 3 aliphatic rings. The first kappa shape index (κ1) is 25.7. The lowest BCUT2D eigenvalue weighted by Crippen LogP contribution is -2.51. The molecule has 0 bridgehead atoms. The van der Waals surface area contributed by atoms with Crippen LogP contribution in [-0.2, 0) is 19.7 Å².